The van der Waals surface area contributed by atoms with Crippen molar-refractivity contribution in [3.8, 4) is 0 Å². The third-order valence-electron chi connectivity index (χ3n) is 6.74. The highest BCUT2D eigenvalue weighted by Gasteiger charge is 2.72. The third-order valence-corrected chi connectivity index (χ3v) is 8.04. The number of hydrogen-bond acceptors (Lipinski definition) is 8. The summed E-state index contributed by atoms with van der Waals surface area (Å²) in [6.07, 6.45) is 3.37. The molecule has 4 rings (SSSR count). The lowest BCUT2D eigenvalue weighted by Crippen LogP contribution is -2.51. The van der Waals surface area contributed by atoms with E-state index in [0.29, 0.717) is 41.6 Å². The van der Waals surface area contributed by atoms with Crippen molar-refractivity contribution in [3.63, 3.8) is 0 Å². The summed E-state index contributed by atoms with van der Waals surface area (Å²) in [5, 5.41) is 3.04. The van der Waals surface area contributed by atoms with Gasteiger partial charge < -0.3 is 25.4 Å². The molecule has 4 atom stereocenters. The molecule has 2 fully saturated rings. The van der Waals surface area contributed by atoms with Crippen molar-refractivity contribution in [1.82, 2.24) is 10.2 Å². The van der Waals surface area contributed by atoms with E-state index in [1.165, 1.54) is 0 Å². The number of carbonyl (C=O) groups is 3. The van der Waals surface area contributed by atoms with Gasteiger partial charge in [0.1, 0.15) is 6.61 Å². The Hall–Kier alpha value is -2.20. The standard InChI is InChI=1S/C20H29N3O6S/c1-10-15(22-5-6-30(3,4)27)18(25)14-13(9-29-19(21)26)20(28-2)12-7-11(12)8-23(20)16(14)17(10)24/h11-13,22,30H,5-9H2,1-4H3,(H2,21,26)/t11-,12-,13+,20-/m0/s1. The Kier molecular flexibility index (Phi) is 4.85. The number of nitrogens with zero attached hydrogens (tertiary/aromatic N) is 1. The minimum absolute atomic E-state index is 0.133. The number of fused-ring (bicyclic) bond motifs is 4. The lowest BCUT2D eigenvalue weighted by Gasteiger charge is -2.40. The van der Waals surface area contributed by atoms with Gasteiger partial charge in [0.05, 0.1) is 17.3 Å². The van der Waals surface area contributed by atoms with E-state index in [9.17, 15) is 18.6 Å². The van der Waals surface area contributed by atoms with Gasteiger partial charge in [-0.05, 0) is 31.8 Å². The first-order chi connectivity index (χ1) is 14.0. The Labute approximate surface area is 176 Å². The van der Waals surface area contributed by atoms with E-state index in [1.54, 1.807) is 26.5 Å². The number of ketones is 2. The van der Waals surface area contributed by atoms with Gasteiger partial charge in [0.15, 0.2) is 5.72 Å². The Balaban J connectivity index is 1.70. The van der Waals surface area contributed by atoms with Crippen LogP contribution in [0.5, 0.6) is 0 Å². The second kappa shape index (κ2) is 6.91. The molecule has 0 unspecified atom stereocenters. The maximum absolute atomic E-state index is 13.5. The van der Waals surface area contributed by atoms with Crippen molar-refractivity contribution in [2.24, 2.45) is 23.5 Å². The van der Waals surface area contributed by atoms with Gasteiger partial charge >= 0.3 is 6.09 Å². The van der Waals surface area contributed by atoms with Gasteiger partial charge in [-0.15, -0.1) is 9.93 Å². The summed E-state index contributed by atoms with van der Waals surface area (Å²) < 4.78 is 23.1. The lowest BCUT2D eigenvalue weighted by molar-refractivity contribution is -0.146. The molecule has 1 saturated carbocycles. The predicted molar refractivity (Wildman–Crippen MR) is 111 cm³/mol. The molecule has 3 N–H and O–H groups in total. The topological polar surface area (TPSA) is 128 Å². The maximum atomic E-state index is 13.5. The molecular weight excluding hydrogens is 410 g/mol. The fraction of sp³-hybridized carbons (Fsp3) is 0.650. The van der Waals surface area contributed by atoms with Crippen LogP contribution in [0.25, 0.3) is 0 Å². The number of piperidine rings is 1. The molecule has 1 amide bonds. The number of rotatable bonds is 7. The van der Waals surface area contributed by atoms with E-state index < -0.39 is 27.7 Å². The average Bonchev–Trinajstić information content (AvgIpc) is 3.26. The molecular formula is C20H29N3O6S. The van der Waals surface area contributed by atoms with Crippen LogP contribution in [0.1, 0.15) is 13.3 Å². The van der Waals surface area contributed by atoms with Gasteiger partial charge in [-0.1, -0.05) is 0 Å². The first-order valence-electron chi connectivity index (χ1n) is 10.1. The van der Waals surface area contributed by atoms with Crippen LogP contribution < -0.4 is 11.1 Å². The van der Waals surface area contributed by atoms with Gasteiger partial charge in [-0.3, -0.25) is 13.8 Å². The van der Waals surface area contributed by atoms with Crippen LogP contribution in [0.2, 0.25) is 0 Å². The van der Waals surface area contributed by atoms with Gasteiger partial charge in [-0.25, -0.2) is 4.79 Å². The number of nitrogens with one attached hydrogen (secondary N) is 1. The van der Waals surface area contributed by atoms with E-state index in [-0.39, 0.29) is 29.8 Å². The Morgan fingerprint density at radius 2 is 2.03 bits per heavy atom. The summed E-state index contributed by atoms with van der Waals surface area (Å²) >= 11 is 0. The van der Waals surface area contributed by atoms with E-state index in [0.717, 1.165) is 6.42 Å². The molecule has 2 aliphatic carbocycles. The quantitative estimate of drug-likeness (QED) is 0.360. The number of Topliss-reactive ketones (excluding diaryl/α,β-unsaturated/α-hetero) is 2. The molecule has 166 valence electrons. The van der Waals surface area contributed by atoms with Crippen LogP contribution in [0.3, 0.4) is 0 Å². The van der Waals surface area contributed by atoms with Crippen LogP contribution in [-0.4, -0.2) is 77.6 Å². The number of amides is 1. The van der Waals surface area contributed by atoms with Gasteiger partial charge in [0, 0.05) is 43.0 Å². The highest BCUT2D eigenvalue weighted by molar-refractivity contribution is 8.01. The van der Waals surface area contributed by atoms with Crippen LogP contribution in [0.4, 0.5) is 4.79 Å². The molecule has 0 spiro atoms. The molecule has 2 aliphatic heterocycles. The molecule has 2 heterocycles. The summed E-state index contributed by atoms with van der Waals surface area (Å²) in [7, 11) is -0.704. The maximum Gasteiger partial charge on any atom is 0.404 e. The molecule has 0 aromatic carbocycles. The number of nitrogens with two attached hydrogens (primary N) is 1. The number of thiol groups is 1. The third kappa shape index (κ3) is 2.99. The minimum Gasteiger partial charge on any atom is -0.449 e. The average molecular weight is 440 g/mol. The zero-order valence-electron chi connectivity index (χ0n) is 17.7. The van der Waals surface area contributed by atoms with Crippen molar-refractivity contribution in [2.45, 2.75) is 19.1 Å². The number of primary amides is 1. The van der Waals surface area contributed by atoms with Gasteiger partial charge in [0.25, 0.3) is 0 Å². The first-order valence-corrected chi connectivity index (χ1v) is 12.9. The zero-order chi connectivity index (χ0) is 22.0. The summed E-state index contributed by atoms with van der Waals surface area (Å²) in [6.45, 7) is 2.45. The van der Waals surface area contributed by atoms with E-state index in [1.807, 2.05) is 4.90 Å². The number of ether oxygens (including phenoxy) is 2. The molecule has 10 heteroatoms. The highest BCUT2D eigenvalue weighted by Crippen LogP contribution is 2.65. The molecule has 0 bridgehead atoms. The Bertz CT molecular complexity index is 950. The second-order valence-corrected chi connectivity index (χ2v) is 12.6. The smallest absolute Gasteiger partial charge is 0.404 e. The number of allylic oxidation sites excluding steroid dienone is 2. The van der Waals surface area contributed by atoms with Crippen molar-refractivity contribution in [1.29, 1.82) is 0 Å². The molecule has 9 nitrogen and oxygen atoms in total. The SMILES string of the molecule is CO[C@@]12[C@H](COC(N)=O)C3=C(C(=O)C(C)=C(NCC[SH](C)(C)=O)C3=O)N1C[C@@H]1C[C@@H]12. The minimum atomic E-state index is -2.27. The van der Waals surface area contributed by atoms with Crippen LogP contribution in [0, 0.1) is 17.8 Å². The summed E-state index contributed by atoms with van der Waals surface area (Å²) in [4.78, 5) is 40.1. The second-order valence-electron chi connectivity index (χ2n) is 9.00. The summed E-state index contributed by atoms with van der Waals surface area (Å²) in [5.74, 6) is -0.170. The molecule has 0 aromatic heterocycles. The van der Waals surface area contributed by atoms with Crippen molar-refractivity contribution in [3.05, 3.63) is 22.5 Å². The Morgan fingerprint density at radius 1 is 1.33 bits per heavy atom. The zero-order valence-corrected chi connectivity index (χ0v) is 18.6. The van der Waals surface area contributed by atoms with E-state index in [2.05, 4.69) is 5.32 Å². The van der Waals surface area contributed by atoms with Crippen LogP contribution in [-0.2, 0) is 29.0 Å². The van der Waals surface area contributed by atoms with E-state index >= 15 is 0 Å². The number of carbonyl (C=O) groups excluding carboxylic acids is 3. The monoisotopic (exact) mass is 439 g/mol. The highest BCUT2D eigenvalue weighted by atomic mass is 32.2. The lowest BCUT2D eigenvalue weighted by atomic mass is 9.82. The van der Waals surface area contributed by atoms with Crippen LogP contribution >= 0.6 is 0 Å². The molecule has 4 aliphatic rings. The molecule has 0 aromatic rings. The van der Waals surface area contributed by atoms with Crippen molar-refractivity contribution >= 4 is 27.6 Å². The number of methoxy groups -OCH3 is 1. The van der Waals surface area contributed by atoms with Crippen molar-refractivity contribution < 1.29 is 28.1 Å². The normalized spacial score (nSPS) is 32.8. The van der Waals surface area contributed by atoms with Crippen LogP contribution in [0.15, 0.2) is 22.5 Å². The largest absolute Gasteiger partial charge is 0.449 e. The number of hydrogen-bond donors (Lipinski definition) is 3. The van der Waals surface area contributed by atoms with Crippen molar-refractivity contribution in [2.75, 3.05) is 45.1 Å². The molecule has 0 radical (unpaired) electrons. The van der Waals surface area contributed by atoms with Gasteiger partial charge in [0.2, 0.25) is 11.6 Å². The van der Waals surface area contributed by atoms with E-state index in [4.69, 9.17) is 15.2 Å². The first kappa shape index (κ1) is 21.0. The Morgan fingerprint density at radius 3 is 2.63 bits per heavy atom. The molecule has 30 heavy (non-hydrogen) atoms. The summed E-state index contributed by atoms with van der Waals surface area (Å²) in [5.41, 5.74) is 5.54. The fourth-order valence-corrected chi connectivity index (χ4v) is 5.96. The van der Waals surface area contributed by atoms with Gasteiger partial charge in [-0.2, -0.15) is 0 Å². The molecule has 1 saturated heterocycles. The fourth-order valence-electron chi connectivity index (χ4n) is 5.30. The predicted octanol–water partition coefficient (Wildman–Crippen LogP) is -0.448. The summed E-state index contributed by atoms with van der Waals surface area (Å²) in [6, 6.07) is 0.